The molecule has 4 rings (SSSR count). The Hall–Kier alpha value is -2.96. The van der Waals surface area contributed by atoms with Crippen molar-refractivity contribution in [2.75, 3.05) is 13.1 Å². The van der Waals surface area contributed by atoms with E-state index in [0.717, 1.165) is 30.6 Å². The van der Waals surface area contributed by atoms with Crippen molar-refractivity contribution in [3.05, 3.63) is 60.2 Å². The van der Waals surface area contributed by atoms with E-state index in [1.807, 2.05) is 59.2 Å². The molecule has 1 saturated heterocycles. The first-order valence-corrected chi connectivity index (χ1v) is 8.48. The lowest BCUT2D eigenvalue weighted by molar-refractivity contribution is 0.0667. The molecule has 0 N–H and O–H groups in total. The molecule has 1 atom stereocenters. The summed E-state index contributed by atoms with van der Waals surface area (Å²) in [4.78, 5) is 14.7. The van der Waals surface area contributed by atoms with Gasteiger partial charge >= 0.3 is 0 Å². The smallest absolute Gasteiger partial charge is 0.276 e. The number of hydrogen-bond donors (Lipinski definition) is 0. The van der Waals surface area contributed by atoms with E-state index < -0.39 is 0 Å². The zero-order valence-corrected chi connectivity index (χ0v) is 14.1. The lowest BCUT2D eigenvalue weighted by atomic mass is 10.1. The standard InChI is InChI=1S/C18H20N6O/c1-14-10-19-23(11-14)16-8-5-9-22(12-16)18(25)17-13-24(21-20-17)15-6-3-2-4-7-15/h2-4,6-7,10-11,13,16H,5,8-9,12H2,1H3. The molecule has 128 valence electrons. The molecule has 1 unspecified atom stereocenters. The number of aromatic nitrogens is 5. The quantitative estimate of drug-likeness (QED) is 0.736. The maximum absolute atomic E-state index is 12.8. The van der Waals surface area contributed by atoms with Crippen LogP contribution in [0.5, 0.6) is 0 Å². The van der Waals surface area contributed by atoms with Crippen LogP contribution in [0.4, 0.5) is 0 Å². The van der Waals surface area contributed by atoms with Crippen molar-refractivity contribution in [3.8, 4) is 5.69 Å². The summed E-state index contributed by atoms with van der Waals surface area (Å²) < 4.78 is 3.60. The van der Waals surface area contributed by atoms with Crippen LogP contribution in [-0.2, 0) is 0 Å². The fourth-order valence-electron chi connectivity index (χ4n) is 3.22. The molecule has 25 heavy (non-hydrogen) atoms. The van der Waals surface area contributed by atoms with Gasteiger partial charge in [-0.2, -0.15) is 5.10 Å². The first-order chi connectivity index (χ1) is 12.2. The molecule has 3 heterocycles. The fraction of sp³-hybridized carbons (Fsp3) is 0.333. The summed E-state index contributed by atoms with van der Waals surface area (Å²) in [5.41, 5.74) is 2.40. The number of para-hydroxylation sites is 1. The van der Waals surface area contributed by atoms with Crippen molar-refractivity contribution < 1.29 is 4.79 Å². The monoisotopic (exact) mass is 336 g/mol. The normalized spacial score (nSPS) is 17.6. The van der Waals surface area contributed by atoms with E-state index in [2.05, 4.69) is 15.4 Å². The highest BCUT2D eigenvalue weighted by Crippen LogP contribution is 2.22. The number of amides is 1. The second kappa shape index (κ2) is 6.51. The third-order valence-corrected chi connectivity index (χ3v) is 4.52. The Labute approximate surface area is 145 Å². The fourth-order valence-corrected chi connectivity index (χ4v) is 3.22. The third-order valence-electron chi connectivity index (χ3n) is 4.52. The highest BCUT2D eigenvalue weighted by Gasteiger charge is 2.27. The van der Waals surface area contributed by atoms with E-state index in [9.17, 15) is 4.79 Å². The Kier molecular flexibility index (Phi) is 4.05. The van der Waals surface area contributed by atoms with E-state index in [0.29, 0.717) is 12.2 Å². The van der Waals surface area contributed by atoms with Crippen molar-refractivity contribution in [1.29, 1.82) is 0 Å². The van der Waals surface area contributed by atoms with Gasteiger partial charge in [0.15, 0.2) is 5.69 Å². The van der Waals surface area contributed by atoms with E-state index in [1.165, 1.54) is 0 Å². The Morgan fingerprint density at radius 3 is 2.80 bits per heavy atom. The number of benzene rings is 1. The van der Waals surface area contributed by atoms with Gasteiger partial charge in [0, 0.05) is 19.3 Å². The van der Waals surface area contributed by atoms with Crippen LogP contribution in [0, 0.1) is 6.92 Å². The molecule has 0 radical (unpaired) electrons. The van der Waals surface area contributed by atoms with Crippen LogP contribution in [-0.4, -0.2) is 48.7 Å². The Morgan fingerprint density at radius 2 is 2.04 bits per heavy atom. The minimum atomic E-state index is -0.0734. The third kappa shape index (κ3) is 3.17. The molecule has 1 aromatic carbocycles. The van der Waals surface area contributed by atoms with Gasteiger partial charge < -0.3 is 4.90 Å². The number of nitrogens with zero attached hydrogens (tertiary/aromatic N) is 6. The molecule has 1 aliphatic rings. The predicted molar refractivity (Wildman–Crippen MR) is 92.5 cm³/mol. The summed E-state index contributed by atoms with van der Waals surface area (Å²) in [6.45, 7) is 3.42. The average molecular weight is 336 g/mol. The largest absolute Gasteiger partial charge is 0.335 e. The van der Waals surface area contributed by atoms with Gasteiger partial charge in [0.05, 0.1) is 24.1 Å². The second-order valence-electron chi connectivity index (χ2n) is 6.43. The highest BCUT2D eigenvalue weighted by molar-refractivity contribution is 5.92. The number of rotatable bonds is 3. The summed E-state index contributed by atoms with van der Waals surface area (Å²) in [5, 5.41) is 12.5. The second-order valence-corrected chi connectivity index (χ2v) is 6.43. The number of carbonyl (C=O) groups excluding carboxylic acids is 1. The van der Waals surface area contributed by atoms with Crippen molar-refractivity contribution in [2.24, 2.45) is 0 Å². The highest BCUT2D eigenvalue weighted by atomic mass is 16.2. The Morgan fingerprint density at radius 1 is 1.20 bits per heavy atom. The van der Waals surface area contributed by atoms with Crippen LogP contribution in [0.25, 0.3) is 5.69 Å². The summed E-state index contributed by atoms with van der Waals surface area (Å²) in [5.74, 6) is -0.0734. The Balaban J connectivity index is 1.50. The van der Waals surface area contributed by atoms with Gasteiger partial charge in [0.25, 0.3) is 5.91 Å². The van der Waals surface area contributed by atoms with Gasteiger partial charge in [-0.15, -0.1) is 5.10 Å². The van der Waals surface area contributed by atoms with Gasteiger partial charge in [-0.3, -0.25) is 9.48 Å². The van der Waals surface area contributed by atoms with E-state index in [4.69, 9.17) is 0 Å². The average Bonchev–Trinajstić information content (AvgIpc) is 3.31. The molecule has 1 aliphatic heterocycles. The summed E-state index contributed by atoms with van der Waals surface area (Å²) >= 11 is 0. The lowest BCUT2D eigenvalue weighted by Gasteiger charge is -2.32. The predicted octanol–water partition coefficient (Wildman–Crippen LogP) is 2.25. The summed E-state index contributed by atoms with van der Waals surface area (Å²) in [6, 6.07) is 9.88. The van der Waals surface area contributed by atoms with E-state index in [1.54, 1.807) is 10.9 Å². The maximum Gasteiger partial charge on any atom is 0.276 e. The lowest BCUT2D eigenvalue weighted by Crippen LogP contribution is -2.41. The van der Waals surface area contributed by atoms with Crippen LogP contribution in [0.2, 0.25) is 0 Å². The molecule has 7 heteroatoms. The van der Waals surface area contributed by atoms with Crippen LogP contribution < -0.4 is 0 Å². The Bertz CT molecular complexity index is 869. The zero-order chi connectivity index (χ0) is 17.2. The van der Waals surface area contributed by atoms with Crippen LogP contribution in [0.1, 0.15) is 34.9 Å². The first-order valence-electron chi connectivity index (χ1n) is 8.48. The van der Waals surface area contributed by atoms with Gasteiger partial charge in [-0.05, 0) is 37.5 Å². The van der Waals surface area contributed by atoms with Crippen molar-refractivity contribution in [1.82, 2.24) is 29.7 Å². The SMILES string of the molecule is Cc1cnn(C2CCCN(C(=O)c3cn(-c4ccccc4)nn3)C2)c1. The minimum Gasteiger partial charge on any atom is -0.335 e. The number of piperidine rings is 1. The first kappa shape index (κ1) is 15.6. The molecule has 0 bridgehead atoms. The van der Waals surface area contributed by atoms with Crippen LogP contribution in [0.15, 0.2) is 48.9 Å². The zero-order valence-electron chi connectivity index (χ0n) is 14.1. The molecule has 3 aromatic rings. The summed E-state index contributed by atoms with van der Waals surface area (Å²) in [6.07, 6.45) is 7.57. The number of hydrogen-bond acceptors (Lipinski definition) is 4. The molecular formula is C18H20N6O. The van der Waals surface area contributed by atoms with Crippen LogP contribution >= 0.6 is 0 Å². The van der Waals surface area contributed by atoms with E-state index in [-0.39, 0.29) is 11.9 Å². The number of likely N-dealkylation sites (tertiary alicyclic amines) is 1. The molecule has 0 aliphatic carbocycles. The van der Waals surface area contributed by atoms with Crippen LogP contribution in [0.3, 0.4) is 0 Å². The molecule has 0 spiro atoms. The summed E-state index contributed by atoms with van der Waals surface area (Å²) in [7, 11) is 0. The van der Waals surface area contributed by atoms with Gasteiger partial charge in [0.1, 0.15) is 0 Å². The molecule has 0 saturated carbocycles. The van der Waals surface area contributed by atoms with Gasteiger partial charge in [0.2, 0.25) is 0 Å². The maximum atomic E-state index is 12.8. The van der Waals surface area contributed by atoms with E-state index >= 15 is 0 Å². The topological polar surface area (TPSA) is 68.8 Å². The molecule has 7 nitrogen and oxygen atoms in total. The molecule has 1 amide bonds. The molecule has 2 aromatic heterocycles. The molecule has 1 fully saturated rings. The van der Waals surface area contributed by atoms with Crippen molar-refractivity contribution >= 4 is 5.91 Å². The van der Waals surface area contributed by atoms with Gasteiger partial charge in [-0.25, -0.2) is 4.68 Å². The number of aryl methyl sites for hydroxylation is 1. The minimum absolute atomic E-state index is 0.0734. The van der Waals surface area contributed by atoms with Crippen molar-refractivity contribution in [2.45, 2.75) is 25.8 Å². The number of carbonyl (C=O) groups is 1. The molecular weight excluding hydrogens is 316 g/mol. The van der Waals surface area contributed by atoms with Crippen molar-refractivity contribution in [3.63, 3.8) is 0 Å². The van der Waals surface area contributed by atoms with Gasteiger partial charge in [-0.1, -0.05) is 23.4 Å².